The Kier molecular flexibility index (Phi) is 8.60. The zero-order valence-corrected chi connectivity index (χ0v) is 27.2. The summed E-state index contributed by atoms with van der Waals surface area (Å²) in [7, 11) is 0. The number of halogens is 3. The van der Waals surface area contributed by atoms with Gasteiger partial charge in [-0.05, 0) is 75.3 Å². The molecule has 1 heterocycles. The lowest BCUT2D eigenvalue weighted by atomic mass is 9.76. The predicted octanol–water partition coefficient (Wildman–Crippen LogP) is 11.4. The molecule has 226 valence electrons. The van der Waals surface area contributed by atoms with E-state index in [0.29, 0.717) is 21.7 Å². The van der Waals surface area contributed by atoms with Crippen molar-refractivity contribution in [1.82, 2.24) is 9.80 Å². The van der Waals surface area contributed by atoms with Gasteiger partial charge in [0.15, 0.2) is 0 Å². The molecule has 0 bridgehead atoms. The maximum atomic E-state index is 6.43. The highest BCUT2D eigenvalue weighted by Crippen LogP contribution is 2.46. The van der Waals surface area contributed by atoms with E-state index in [9.17, 15) is 0 Å². The summed E-state index contributed by atoms with van der Waals surface area (Å²) in [4.78, 5) is 4.81. The van der Waals surface area contributed by atoms with Gasteiger partial charge in [0.1, 0.15) is 5.54 Å². The molecule has 1 atom stereocenters. The van der Waals surface area contributed by atoms with Crippen molar-refractivity contribution in [3.05, 3.63) is 213 Å². The SMILES string of the molecule is Clc1ccc(C(c2ccc(Cl)cc2)(c2ccc(Cl)cc2)N2C=CN(C(c3ccccc3)c3ccc(-c4ccccc4)cc3)C2)cc1. The summed E-state index contributed by atoms with van der Waals surface area (Å²) in [5.74, 6) is 0. The Labute approximate surface area is 285 Å². The quantitative estimate of drug-likeness (QED) is 0.150. The zero-order chi connectivity index (χ0) is 31.5. The third-order valence-electron chi connectivity index (χ3n) is 8.75. The second-order valence-electron chi connectivity index (χ2n) is 11.5. The Morgan fingerprint density at radius 2 is 0.848 bits per heavy atom. The lowest BCUT2D eigenvalue weighted by Gasteiger charge is -2.45. The standard InChI is InChI=1S/C41H31Cl3N2/c42-37-21-15-34(16-22-37)41(35-17-23-38(43)24-18-35,36-19-25-39(44)26-20-36)46-28-27-45(29-46)40(32-9-5-2-6-10-32)33-13-11-31(12-14-33)30-7-3-1-4-8-30/h1-28,40H,29H2. The topological polar surface area (TPSA) is 6.48 Å². The van der Waals surface area contributed by atoms with Crippen LogP contribution in [0, 0.1) is 0 Å². The number of nitrogens with zero attached hydrogens (tertiary/aromatic N) is 2. The summed E-state index contributed by atoms with van der Waals surface area (Å²) in [6.45, 7) is 0.619. The molecule has 5 heteroatoms. The minimum Gasteiger partial charge on any atom is -0.347 e. The van der Waals surface area contributed by atoms with E-state index in [1.807, 2.05) is 42.5 Å². The Morgan fingerprint density at radius 1 is 0.435 bits per heavy atom. The minimum absolute atomic E-state index is 0.00868. The fourth-order valence-electron chi connectivity index (χ4n) is 6.59. The molecule has 1 unspecified atom stereocenters. The van der Waals surface area contributed by atoms with Crippen molar-refractivity contribution in [2.24, 2.45) is 0 Å². The van der Waals surface area contributed by atoms with E-state index in [2.05, 4.69) is 137 Å². The van der Waals surface area contributed by atoms with Crippen molar-refractivity contribution in [1.29, 1.82) is 0 Å². The molecule has 1 aliphatic rings. The first-order valence-electron chi connectivity index (χ1n) is 15.2. The van der Waals surface area contributed by atoms with Gasteiger partial charge >= 0.3 is 0 Å². The molecular formula is C41H31Cl3N2. The molecule has 0 aromatic heterocycles. The Bertz CT molecular complexity index is 1810. The molecule has 0 aliphatic carbocycles. The highest BCUT2D eigenvalue weighted by molar-refractivity contribution is 6.31. The van der Waals surface area contributed by atoms with Crippen LogP contribution in [-0.4, -0.2) is 16.5 Å². The van der Waals surface area contributed by atoms with E-state index in [4.69, 9.17) is 34.8 Å². The first-order valence-corrected chi connectivity index (χ1v) is 16.3. The van der Waals surface area contributed by atoms with Crippen molar-refractivity contribution < 1.29 is 0 Å². The summed E-state index contributed by atoms with van der Waals surface area (Å²) < 4.78 is 0. The van der Waals surface area contributed by atoms with E-state index >= 15 is 0 Å². The van der Waals surface area contributed by atoms with E-state index < -0.39 is 5.54 Å². The van der Waals surface area contributed by atoms with Crippen LogP contribution in [0.5, 0.6) is 0 Å². The number of benzene rings is 6. The zero-order valence-electron chi connectivity index (χ0n) is 25.0. The summed E-state index contributed by atoms with van der Waals surface area (Å²) in [5, 5.41) is 2.06. The Hall–Kier alpha value is -4.47. The van der Waals surface area contributed by atoms with E-state index in [0.717, 1.165) is 16.7 Å². The largest absolute Gasteiger partial charge is 0.347 e. The lowest BCUT2D eigenvalue weighted by molar-refractivity contribution is 0.162. The van der Waals surface area contributed by atoms with Gasteiger partial charge in [0.05, 0.1) is 12.7 Å². The van der Waals surface area contributed by atoms with Gasteiger partial charge in [0.25, 0.3) is 0 Å². The van der Waals surface area contributed by atoms with Crippen molar-refractivity contribution in [3.63, 3.8) is 0 Å². The molecule has 0 saturated carbocycles. The van der Waals surface area contributed by atoms with Crippen LogP contribution in [0.25, 0.3) is 11.1 Å². The van der Waals surface area contributed by atoms with Crippen LogP contribution < -0.4 is 0 Å². The summed E-state index contributed by atoms with van der Waals surface area (Å²) in [5.41, 5.74) is 7.37. The number of hydrogen-bond acceptors (Lipinski definition) is 2. The normalized spacial score (nSPS) is 13.6. The molecule has 0 saturated heterocycles. The van der Waals surface area contributed by atoms with E-state index in [1.54, 1.807) is 0 Å². The molecule has 0 radical (unpaired) electrons. The molecule has 7 rings (SSSR count). The molecule has 46 heavy (non-hydrogen) atoms. The molecule has 6 aromatic carbocycles. The molecule has 2 nitrogen and oxygen atoms in total. The average Bonchev–Trinajstić information content (AvgIpc) is 3.58. The first kappa shape index (κ1) is 30.2. The van der Waals surface area contributed by atoms with Crippen LogP contribution in [-0.2, 0) is 5.54 Å². The highest BCUT2D eigenvalue weighted by atomic mass is 35.5. The summed E-state index contributed by atoms with van der Waals surface area (Å²) in [6, 6.07) is 54.5. The van der Waals surface area contributed by atoms with E-state index in [-0.39, 0.29) is 6.04 Å². The predicted molar refractivity (Wildman–Crippen MR) is 192 cm³/mol. The minimum atomic E-state index is -0.705. The van der Waals surface area contributed by atoms with Crippen molar-refractivity contribution in [2.75, 3.05) is 6.67 Å². The monoisotopic (exact) mass is 656 g/mol. The third kappa shape index (κ3) is 5.81. The molecule has 0 N–H and O–H groups in total. The highest BCUT2D eigenvalue weighted by Gasteiger charge is 2.44. The van der Waals surface area contributed by atoms with Gasteiger partial charge in [0, 0.05) is 27.5 Å². The van der Waals surface area contributed by atoms with Crippen LogP contribution in [0.1, 0.15) is 33.9 Å². The van der Waals surface area contributed by atoms with Gasteiger partial charge in [-0.25, -0.2) is 0 Å². The summed E-state index contributed by atoms with van der Waals surface area (Å²) in [6.07, 6.45) is 4.41. The fraction of sp³-hybridized carbons (Fsp3) is 0.0732. The van der Waals surface area contributed by atoms with Gasteiger partial charge in [-0.15, -0.1) is 0 Å². The van der Waals surface area contributed by atoms with Crippen LogP contribution in [0.4, 0.5) is 0 Å². The number of rotatable bonds is 8. The van der Waals surface area contributed by atoms with Gasteiger partial charge in [-0.1, -0.05) is 156 Å². The van der Waals surface area contributed by atoms with Crippen LogP contribution in [0.3, 0.4) is 0 Å². The van der Waals surface area contributed by atoms with Crippen molar-refractivity contribution in [3.8, 4) is 11.1 Å². The Morgan fingerprint density at radius 3 is 1.33 bits per heavy atom. The third-order valence-corrected chi connectivity index (χ3v) is 9.51. The lowest BCUT2D eigenvalue weighted by Crippen LogP contribution is -2.46. The smallest absolute Gasteiger partial charge is 0.117 e. The average molecular weight is 658 g/mol. The molecule has 0 amide bonds. The van der Waals surface area contributed by atoms with Gasteiger partial charge in [-0.2, -0.15) is 0 Å². The second kappa shape index (κ2) is 13.1. The van der Waals surface area contributed by atoms with Crippen LogP contribution >= 0.6 is 34.8 Å². The van der Waals surface area contributed by atoms with Crippen molar-refractivity contribution >= 4 is 34.8 Å². The van der Waals surface area contributed by atoms with Crippen molar-refractivity contribution in [2.45, 2.75) is 11.6 Å². The first-order chi connectivity index (χ1) is 22.5. The van der Waals surface area contributed by atoms with E-state index in [1.165, 1.54) is 22.3 Å². The molecular weight excluding hydrogens is 627 g/mol. The maximum Gasteiger partial charge on any atom is 0.117 e. The Balaban J connectivity index is 1.34. The van der Waals surface area contributed by atoms with Gasteiger partial charge in [-0.3, -0.25) is 0 Å². The fourth-order valence-corrected chi connectivity index (χ4v) is 6.97. The number of hydrogen-bond donors (Lipinski definition) is 0. The van der Waals surface area contributed by atoms with Gasteiger partial charge < -0.3 is 9.80 Å². The summed E-state index contributed by atoms with van der Waals surface area (Å²) >= 11 is 19.3. The molecule has 1 aliphatic heterocycles. The maximum absolute atomic E-state index is 6.43. The molecule has 0 fully saturated rings. The van der Waals surface area contributed by atoms with Crippen LogP contribution in [0.15, 0.2) is 170 Å². The van der Waals surface area contributed by atoms with Gasteiger partial charge in [0.2, 0.25) is 0 Å². The second-order valence-corrected chi connectivity index (χ2v) is 12.8. The molecule has 6 aromatic rings. The van der Waals surface area contributed by atoms with Crippen LogP contribution in [0.2, 0.25) is 15.1 Å². The molecule has 0 spiro atoms.